The number of carboxylic acids is 1. The number of fused-ring (bicyclic) bond motifs is 10. The average molecular weight is 1910 g/mol. The van der Waals surface area contributed by atoms with Crippen LogP contribution in [0, 0.1) is 35.5 Å². The number of rotatable bonds is 58. The number of aliphatic hydroxyl groups excluding tert-OH is 2. The number of hydrogen-bond donors (Lipinski definition) is 15. The topological polar surface area (TPSA) is 407 Å². The molecule has 139 heavy (non-hydrogen) atoms. The molecule has 0 radical (unpaired) electrons. The van der Waals surface area contributed by atoms with E-state index in [1.807, 2.05) is 78.2 Å². The van der Waals surface area contributed by atoms with Gasteiger partial charge in [-0.05, 0) is 227 Å². The van der Waals surface area contributed by atoms with Gasteiger partial charge in [0.15, 0.2) is 0 Å². The minimum absolute atomic E-state index is 0.0419. The fourth-order valence-electron chi connectivity index (χ4n) is 20.6. The molecule has 6 unspecified atom stereocenters. The molecular formula is C108H162N22O9. The molecule has 17 N–H and O–H groups in total. The summed E-state index contributed by atoms with van der Waals surface area (Å²) in [4.78, 5) is 94.1. The highest BCUT2D eigenvalue weighted by atomic mass is 16.5. The molecule has 0 aromatic heterocycles. The third-order valence-corrected chi connectivity index (χ3v) is 28.9. The first-order chi connectivity index (χ1) is 67.3. The van der Waals surface area contributed by atoms with Crippen LogP contribution in [0.15, 0.2) is 238 Å². The predicted octanol–water partition coefficient (Wildman–Crippen LogP) is 10.9. The number of nitrogens with zero attached hydrogens (tertiary/aromatic N) is 10. The van der Waals surface area contributed by atoms with Crippen LogP contribution in [0.3, 0.4) is 0 Å². The lowest BCUT2D eigenvalue weighted by atomic mass is 9.84. The van der Waals surface area contributed by atoms with Gasteiger partial charge >= 0.3 is 17.9 Å². The first-order valence-electron chi connectivity index (χ1n) is 51.3. The predicted molar refractivity (Wildman–Crippen MR) is 564 cm³/mol. The van der Waals surface area contributed by atoms with Gasteiger partial charge in [-0.3, -0.25) is 33.9 Å². The Labute approximate surface area is 826 Å². The van der Waals surface area contributed by atoms with Crippen LogP contribution in [0.4, 0.5) is 0 Å². The second-order valence-corrected chi connectivity index (χ2v) is 38.0. The molecule has 2 fully saturated rings. The second-order valence-electron chi connectivity index (χ2n) is 38.0. The van der Waals surface area contributed by atoms with Crippen molar-refractivity contribution in [1.29, 1.82) is 0 Å². The van der Waals surface area contributed by atoms with E-state index in [9.17, 15) is 34.5 Å². The van der Waals surface area contributed by atoms with Gasteiger partial charge in [-0.2, -0.15) is 0 Å². The van der Waals surface area contributed by atoms with Crippen molar-refractivity contribution in [3.8, 4) is 0 Å². The normalized spacial score (nSPS) is 20.8. The molecule has 758 valence electrons. The zero-order chi connectivity index (χ0) is 99.9. The lowest BCUT2D eigenvalue weighted by Crippen LogP contribution is -2.46. The van der Waals surface area contributed by atoms with Gasteiger partial charge in [-0.15, -0.1) is 0 Å². The molecule has 2 aliphatic carbocycles. The molecule has 31 nitrogen and oxygen atoms in total. The fraction of sp³-hybridized carbons (Fsp3) is 0.574. The number of ether oxygens (including phenoxy) is 2. The molecule has 0 spiro atoms. The number of carbonyl (C=O) groups is 4. The molecule has 31 heteroatoms. The van der Waals surface area contributed by atoms with E-state index in [-0.39, 0.29) is 53.9 Å². The monoisotopic (exact) mass is 1910 g/mol. The Kier molecular flexibility index (Phi) is 42.6. The highest BCUT2D eigenvalue weighted by molar-refractivity contribution is 6.26. The fourth-order valence-corrected chi connectivity index (χ4v) is 20.6. The lowest BCUT2D eigenvalue weighted by Gasteiger charge is -2.29. The number of carboxylic acid groups (broad SMARTS) is 1. The largest absolute Gasteiger partial charge is 0.510 e. The van der Waals surface area contributed by atoms with E-state index in [1.54, 1.807) is 0 Å². The smallest absolute Gasteiger partial charge is 0.321 e. The van der Waals surface area contributed by atoms with Crippen molar-refractivity contribution in [2.75, 3.05) is 205 Å². The number of aliphatic imine (C=N–C) groups is 6. The molecule has 0 saturated carbocycles. The molecule has 1 amide bonds. The zero-order valence-corrected chi connectivity index (χ0v) is 85.9. The van der Waals surface area contributed by atoms with Crippen LogP contribution in [0.25, 0.3) is 0 Å². The molecular weight excluding hydrogens is 1750 g/mol. The van der Waals surface area contributed by atoms with Crippen LogP contribution in [0.1, 0.15) is 166 Å². The maximum atomic E-state index is 14.4. The number of allylic oxidation sites excluding steroid dienone is 22. The Morgan fingerprint density at radius 1 is 0.439 bits per heavy atom. The number of likely N-dealkylation sites (N-methyl/N-ethyl adjacent to an activating group) is 1. The van der Waals surface area contributed by atoms with E-state index in [0.717, 1.165) is 295 Å². The Morgan fingerprint density at radius 2 is 0.835 bits per heavy atom. The maximum Gasteiger partial charge on any atom is 0.321 e. The average Bonchev–Trinajstić information content (AvgIpc) is 1.56. The van der Waals surface area contributed by atoms with Crippen molar-refractivity contribution in [3.63, 3.8) is 0 Å². The van der Waals surface area contributed by atoms with Crippen molar-refractivity contribution < 1.29 is 44.0 Å². The first kappa shape index (κ1) is 109. The van der Waals surface area contributed by atoms with Crippen LogP contribution >= 0.6 is 0 Å². The van der Waals surface area contributed by atoms with Gasteiger partial charge in [0.2, 0.25) is 5.91 Å². The van der Waals surface area contributed by atoms with E-state index in [0.29, 0.717) is 83.3 Å². The molecule has 12 aliphatic rings. The quantitative estimate of drug-likeness (QED) is 0.0199. The van der Waals surface area contributed by atoms with E-state index < -0.39 is 29.7 Å². The summed E-state index contributed by atoms with van der Waals surface area (Å²) in [6, 6.07) is 0. The molecule has 10 aliphatic heterocycles. The van der Waals surface area contributed by atoms with Crippen LogP contribution in [0.5, 0.6) is 0 Å². The number of esters is 2. The number of carbonyl (C=O) groups excluding carboxylic acids is 3. The summed E-state index contributed by atoms with van der Waals surface area (Å²) in [5.41, 5.74) is 35.5. The van der Waals surface area contributed by atoms with Crippen LogP contribution in [-0.2, 0) is 28.7 Å². The SMILES string of the molecule is C=CC1=C(C)C2=NC1=CC1=NC(=CC3=C(C)C4=C(O)C(C(=O)OC)C(=C5NC(=C2)C(C)C5CCC(=O)NCCN(CCNCCN(CCN)CCNCCCC)CCN(CCNCCNCCNC)CCNCCN(CCCCCN)CCCCCNC)C4=N3)C(CC)=C1C.C=CC1=C(C)C2=NC1=CC1=NC(=CC3=C(C)C4=C(O)C(C(=O)OC)C(=C5NC(=C2)C(C)C5CCC(=O)O)C4=N3)C(CC)=C1C. The van der Waals surface area contributed by atoms with Gasteiger partial charge in [0.25, 0.3) is 0 Å². The molecule has 10 heterocycles. The Hall–Kier alpha value is -10.1. The molecule has 0 aromatic rings. The van der Waals surface area contributed by atoms with E-state index >= 15 is 0 Å². The molecule has 6 atom stereocenters. The van der Waals surface area contributed by atoms with Crippen LogP contribution in [-0.4, -0.2) is 298 Å². The van der Waals surface area contributed by atoms with Gasteiger partial charge < -0.3 is 94.3 Å². The summed E-state index contributed by atoms with van der Waals surface area (Å²) >= 11 is 0. The number of methoxy groups -OCH3 is 2. The number of nitrogens with two attached hydrogens (primary N) is 2. The summed E-state index contributed by atoms with van der Waals surface area (Å²) in [5, 5.41) is 68.9. The summed E-state index contributed by atoms with van der Waals surface area (Å²) in [6.07, 6.45) is 27.7. The van der Waals surface area contributed by atoms with Gasteiger partial charge in [-0.1, -0.05) is 79.2 Å². The number of aliphatic hydroxyl groups is 2. The summed E-state index contributed by atoms with van der Waals surface area (Å²) in [7, 11) is 6.66. The van der Waals surface area contributed by atoms with E-state index in [2.05, 4.69) is 147 Å². The third-order valence-electron chi connectivity index (χ3n) is 28.9. The van der Waals surface area contributed by atoms with E-state index in [4.69, 9.17) is 50.9 Å². The Morgan fingerprint density at radius 3 is 1.25 bits per heavy atom. The van der Waals surface area contributed by atoms with Gasteiger partial charge in [0, 0.05) is 237 Å². The Balaban J connectivity index is 0.000000346. The highest BCUT2D eigenvalue weighted by Gasteiger charge is 2.52. The van der Waals surface area contributed by atoms with Crippen molar-refractivity contribution in [2.45, 2.75) is 166 Å². The number of hydrogen-bond acceptors (Lipinski definition) is 29. The van der Waals surface area contributed by atoms with Crippen molar-refractivity contribution in [1.82, 2.24) is 72.8 Å². The van der Waals surface area contributed by atoms with Gasteiger partial charge in [0.05, 0.1) is 82.7 Å². The zero-order valence-electron chi connectivity index (χ0n) is 85.9. The van der Waals surface area contributed by atoms with Crippen molar-refractivity contribution in [3.05, 3.63) is 208 Å². The number of amides is 1. The lowest BCUT2D eigenvalue weighted by molar-refractivity contribution is -0.144. The third kappa shape index (κ3) is 27.4. The summed E-state index contributed by atoms with van der Waals surface area (Å²) in [5.74, 6) is -5.34. The standard InChI is InChI=1S/C73H126N18O4.C35H36N4O5/c1-11-14-26-78-31-42-89(40-24-75)43-34-82-36-46-91(49-48-90(44-32-80-30-29-79-28-27-77-9)45-35-81-33-41-88(38-19-15-17-23-74)39-20-16-18-25-76-8)47-37-83-66(92)22-21-59-55(6)62-50-60-53(4)57(12-2)64(84-60)51-61-54(5)58(13-3)65(85-61)52-63-56(7)67-71(87-63)68(70(59)86-62)69(72(67)93)73(94)95-10;1-8-19-15(3)22-12-24-17(5)21(10-11-28(40)41)32(38-24)30-31(35(43)44-7)34(42)29-18(6)25(39-33(29)30)14-27-20(9-2)16(4)23(37-27)13-26(19)36-22/h12,50-52,55,59,69,76-82,86,93H,2,11,13-49,74-75H2,1,3-10H3,(H,83,92);8,12-14,17,21,31,38,42H,1,9-11H2,2-7H3,(H,40,41). The van der Waals surface area contributed by atoms with Crippen molar-refractivity contribution >= 4 is 58.1 Å². The highest BCUT2D eigenvalue weighted by Crippen LogP contribution is 2.52. The number of unbranched alkanes of at least 4 members (excludes halogenated alkanes) is 5. The maximum absolute atomic E-state index is 14.4. The Bertz CT molecular complexity index is 5270. The minimum atomic E-state index is -1.10. The number of nitrogens with one attached hydrogen (secondary N) is 10. The molecule has 16 bridgehead atoms. The van der Waals surface area contributed by atoms with Crippen molar-refractivity contribution in [2.24, 2.45) is 76.9 Å². The molecule has 2 saturated heterocycles. The second kappa shape index (κ2) is 54.2. The first-order valence-corrected chi connectivity index (χ1v) is 51.3. The summed E-state index contributed by atoms with van der Waals surface area (Å²) in [6.45, 7) is 55.2. The molecule has 12 rings (SSSR count). The van der Waals surface area contributed by atoms with Crippen LogP contribution < -0.4 is 64.6 Å². The van der Waals surface area contributed by atoms with Gasteiger partial charge in [0.1, 0.15) is 23.4 Å². The number of aliphatic carboxylic acids is 1. The molecule has 0 aromatic carbocycles. The minimum Gasteiger partial charge on any atom is -0.510 e. The summed E-state index contributed by atoms with van der Waals surface area (Å²) < 4.78 is 10.6. The van der Waals surface area contributed by atoms with Gasteiger partial charge in [-0.25, -0.2) is 30.0 Å². The van der Waals surface area contributed by atoms with Crippen LogP contribution in [0.2, 0.25) is 0 Å². The van der Waals surface area contributed by atoms with E-state index in [1.165, 1.54) is 59.2 Å².